The van der Waals surface area contributed by atoms with Gasteiger partial charge in [0.05, 0.1) is 16.6 Å². The van der Waals surface area contributed by atoms with Crippen molar-refractivity contribution in [2.75, 3.05) is 64.3 Å². The van der Waals surface area contributed by atoms with Crippen LogP contribution in [-0.2, 0) is 6.54 Å². The molecule has 1 N–H and O–H groups in total. The van der Waals surface area contributed by atoms with E-state index in [1.165, 1.54) is 6.07 Å². The first-order valence-electron chi connectivity index (χ1n) is 13.9. The summed E-state index contributed by atoms with van der Waals surface area (Å²) in [5.41, 5.74) is 3.31. The number of aromatic nitrogens is 2. The lowest BCUT2D eigenvalue weighted by Crippen LogP contribution is -2.44. The molecule has 5 rings (SSSR count). The van der Waals surface area contributed by atoms with E-state index in [1.807, 2.05) is 35.2 Å². The maximum Gasteiger partial charge on any atom is 0.261 e. The van der Waals surface area contributed by atoms with Crippen LogP contribution in [-0.4, -0.2) is 84.7 Å². The van der Waals surface area contributed by atoms with Crippen molar-refractivity contribution in [1.29, 1.82) is 0 Å². The number of carbonyl (C=O) groups excluding carboxylic acids is 1. The van der Waals surface area contributed by atoms with Crippen LogP contribution in [0, 0.1) is 5.82 Å². The molecule has 39 heavy (non-hydrogen) atoms. The Balaban J connectivity index is 1.36. The minimum atomic E-state index is -0.377. The third-order valence-electron chi connectivity index (χ3n) is 7.88. The van der Waals surface area contributed by atoms with Crippen molar-refractivity contribution >= 4 is 34.1 Å². The summed E-state index contributed by atoms with van der Waals surface area (Å²) >= 11 is 0. The van der Waals surface area contributed by atoms with Crippen LogP contribution in [0.3, 0.4) is 0 Å². The molecule has 0 unspecified atom stereocenters. The zero-order valence-corrected chi connectivity index (χ0v) is 23.0. The Morgan fingerprint density at radius 1 is 1.08 bits per heavy atom. The standard InChI is InChI=1S/C30H37FN6O2/c1-4-35(5-2)13-11-32-29(38)22-8-6-21(7-9-22)18-23-10-12-37-28(23)33-26-20-27(25(31)19-24(26)30(37)39)36-16-14-34(3)15-17-36/h6-9,18-20H,4-5,10-17H2,1-3H3,(H,32,38)/b23-18+. The largest absolute Gasteiger partial charge is 0.367 e. The third-order valence-corrected chi connectivity index (χ3v) is 7.88. The minimum absolute atomic E-state index is 0.0874. The van der Waals surface area contributed by atoms with E-state index < -0.39 is 0 Å². The Labute approximate surface area is 228 Å². The average Bonchev–Trinajstić information content (AvgIpc) is 3.34. The second-order valence-corrected chi connectivity index (χ2v) is 10.3. The normalized spacial score (nSPS) is 16.8. The number of benzene rings is 2. The fourth-order valence-electron chi connectivity index (χ4n) is 5.36. The number of amides is 1. The summed E-state index contributed by atoms with van der Waals surface area (Å²) in [5.74, 6) is 0.162. The van der Waals surface area contributed by atoms with Crippen LogP contribution in [0.4, 0.5) is 10.1 Å². The first kappa shape index (κ1) is 27.0. The molecular weight excluding hydrogens is 495 g/mol. The van der Waals surface area contributed by atoms with E-state index in [4.69, 9.17) is 4.98 Å². The molecule has 3 aromatic rings. The van der Waals surface area contributed by atoms with Gasteiger partial charge in [0.15, 0.2) is 0 Å². The van der Waals surface area contributed by atoms with Crippen LogP contribution in [0.15, 0.2) is 41.2 Å². The van der Waals surface area contributed by atoms with E-state index in [-0.39, 0.29) is 17.3 Å². The van der Waals surface area contributed by atoms with Crippen molar-refractivity contribution in [2.24, 2.45) is 0 Å². The maximum absolute atomic E-state index is 15.1. The van der Waals surface area contributed by atoms with E-state index in [0.29, 0.717) is 47.5 Å². The number of nitrogens with zero attached hydrogens (tertiary/aromatic N) is 5. The van der Waals surface area contributed by atoms with Crippen molar-refractivity contribution in [1.82, 2.24) is 24.7 Å². The molecule has 2 aliphatic rings. The number of piperazine rings is 1. The number of halogens is 1. The summed E-state index contributed by atoms with van der Waals surface area (Å²) in [7, 11) is 2.06. The summed E-state index contributed by atoms with van der Waals surface area (Å²) in [4.78, 5) is 37.1. The lowest BCUT2D eigenvalue weighted by atomic mass is 10.1. The van der Waals surface area contributed by atoms with E-state index in [0.717, 1.165) is 56.9 Å². The Hall–Kier alpha value is -3.56. The molecule has 1 aromatic heterocycles. The predicted octanol–water partition coefficient (Wildman–Crippen LogP) is 3.30. The summed E-state index contributed by atoms with van der Waals surface area (Å²) in [6.45, 7) is 11.3. The van der Waals surface area contributed by atoms with E-state index in [1.54, 1.807) is 10.6 Å². The van der Waals surface area contributed by atoms with Crippen molar-refractivity contribution in [2.45, 2.75) is 26.8 Å². The number of allylic oxidation sites excluding steroid dienone is 1. The Bertz CT molecular complexity index is 1440. The number of anilines is 1. The lowest BCUT2D eigenvalue weighted by Gasteiger charge is -2.34. The van der Waals surface area contributed by atoms with Gasteiger partial charge in [0.2, 0.25) is 0 Å². The number of carbonyl (C=O) groups is 1. The number of likely N-dealkylation sites (N-methyl/N-ethyl adjacent to an activating group) is 2. The average molecular weight is 533 g/mol. The first-order valence-corrected chi connectivity index (χ1v) is 13.9. The second kappa shape index (κ2) is 11.7. The van der Waals surface area contributed by atoms with Gasteiger partial charge in [-0.05, 0) is 68.0 Å². The smallest absolute Gasteiger partial charge is 0.261 e. The summed E-state index contributed by atoms with van der Waals surface area (Å²) in [6, 6.07) is 10.5. The van der Waals surface area contributed by atoms with Crippen LogP contribution < -0.4 is 15.8 Å². The van der Waals surface area contributed by atoms with Crippen molar-refractivity contribution in [3.63, 3.8) is 0 Å². The molecular formula is C30H37FN6O2. The highest BCUT2D eigenvalue weighted by Gasteiger charge is 2.24. The molecule has 0 radical (unpaired) electrons. The molecule has 1 fully saturated rings. The van der Waals surface area contributed by atoms with E-state index in [2.05, 4.69) is 36.0 Å². The minimum Gasteiger partial charge on any atom is -0.367 e. The van der Waals surface area contributed by atoms with Gasteiger partial charge in [-0.3, -0.25) is 14.2 Å². The zero-order valence-electron chi connectivity index (χ0n) is 23.0. The van der Waals surface area contributed by atoms with E-state index in [9.17, 15) is 9.59 Å². The van der Waals surface area contributed by atoms with Crippen LogP contribution in [0.2, 0.25) is 0 Å². The molecule has 1 saturated heterocycles. The molecule has 2 aliphatic heterocycles. The number of nitrogens with one attached hydrogen (secondary N) is 1. The van der Waals surface area contributed by atoms with Gasteiger partial charge >= 0.3 is 0 Å². The third kappa shape index (κ3) is 5.74. The quantitative estimate of drug-likeness (QED) is 0.480. The van der Waals surface area contributed by atoms with Crippen LogP contribution in [0.5, 0.6) is 0 Å². The molecule has 206 valence electrons. The lowest BCUT2D eigenvalue weighted by molar-refractivity contribution is 0.0949. The van der Waals surface area contributed by atoms with Crippen LogP contribution in [0.1, 0.15) is 42.0 Å². The summed E-state index contributed by atoms with van der Waals surface area (Å²) in [5, 5.41) is 3.30. The van der Waals surface area contributed by atoms with Gasteiger partial charge in [-0.25, -0.2) is 9.37 Å². The fourth-order valence-corrected chi connectivity index (χ4v) is 5.36. The maximum atomic E-state index is 15.1. The molecule has 0 bridgehead atoms. The van der Waals surface area contributed by atoms with Gasteiger partial charge < -0.3 is 20.0 Å². The number of hydrogen-bond acceptors (Lipinski definition) is 6. The van der Waals surface area contributed by atoms with Gasteiger partial charge in [-0.1, -0.05) is 26.0 Å². The molecule has 0 spiro atoms. The highest BCUT2D eigenvalue weighted by Crippen LogP contribution is 2.30. The highest BCUT2D eigenvalue weighted by molar-refractivity contribution is 5.94. The first-order chi connectivity index (χ1) is 18.9. The Morgan fingerprint density at radius 3 is 2.49 bits per heavy atom. The monoisotopic (exact) mass is 532 g/mol. The van der Waals surface area contributed by atoms with Crippen molar-refractivity contribution in [3.05, 3.63) is 69.5 Å². The molecule has 0 aliphatic carbocycles. The molecule has 0 saturated carbocycles. The second-order valence-electron chi connectivity index (χ2n) is 10.3. The van der Waals surface area contributed by atoms with Crippen LogP contribution >= 0.6 is 0 Å². The molecule has 2 aromatic carbocycles. The Kier molecular flexibility index (Phi) is 8.09. The van der Waals surface area contributed by atoms with Crippen LogP contribution in [0.25, 0.3) is 22.6 Å². The molecule has 1 amide bonds. The topological polar surface area (TPSA) is 73.7 Å². The van der Waals surface area contributed by atoms with Crippen molar-refractivity contribution < 1.29 is 9.18 Å². The molecule has 3 heterocycles. The summed E-state index contributed by atoms with van der Waals surface area (Å²) < 4.78 is 16.7. The predicted molar refractivity (Wildman–Crippen MR) is 155 cm³/mol. The number of hydrogen-bond donors (Lipinski definition) is 1. The van der Waals surface area contributed by atoms with Gasteiger partial charge in [0, 0.05) is 51.4 Å². The fraction of sp³-hybridized carbons (Fsp3) is 0.433. The van der Waals surface area contributed by atoms with Gasteiger partial charge in [-0.15, -0.1) is 0 Å². The molecule has 8 nitrogen and oxygen atoms in total. The van der Waals surface area contributed by atoms with Gasteiger partial charge in [0.25, 0.3) is 11.5 Å². The molecule has 0 atom stereocenters. The van der Waals surface area contributed by atoms with E-state index >= 15 is 4.39 Å². The van der Waals surface area contributed by atoms with Crippen molar-refractivity contribution in [3.8, 4) is 0 Å². The molecule has 9 heteroatoms. The summed E-state index contributed by atoms with van der Waals surface area (Å²) in [6.07, 6.45) is 2.68. The van der Waals surface area contributed by atoms with Gasteiger partial charge in [-0.2, -0.15) is 0 Å². The zero-order chi connectivity index (χ0) is 27.5. The number of rotatable bonds is 8. The Morgan fingerprint density at radius 2 is 1.79 bits per heavy atom. The highest BCUT2D eigenvalue weighted by atomic mass is 19.1. The number of fused-ring (bicyclic) bond motifs is 2. The van der Waals surface area contributed by atoms with Gasteiger partial charge in [0.1, 0.15) is 11.6 Å². The SMILES string of the molecule is CCN(CC)CCNC(=O)c1ccc(/C=C2\CCn3c2nc2cc(N4CCN(C)CC4)c(F)cc2c3=O)cc1.